The van der Waals surface area contributed by atoms with E-state index in [4.69, 9.17) is 27.7 Å². The number of likely N-dealkylation sites (N-methyl/N-ethyl adjacent to an activating group) is 2. The van der Waals surface area contributed by atoms with Crippen LogP contribution in [0.15, 0.2) is 50.6 Å². The molecule has 0 aliphatic heterocycles. The molecular formula is C22H44N2O6S. The molecule has 0 radical (unpaired) electrons. The van der Waals surface area contributed by atoms with Crippen molar-refractivity contribution >= 4 is 10.4 Å². The number of hydrogen-bond acceptors (Lipinski definition) is 6. The highest BCUT2D eigenvalue weighted by Gasteiger charge is 2.13. The third-order valence-electron chi connectivity index (χ3n) is 4.37. The van der Waals surface area contributed by atoms with Gasteiger partial charge < -0.3 is 10.2 Å². The monoisotopic (exact) mass is 464 g/mol. The molecule has 0 aromatic heterocycles. The van der Waals surface area contributed by atoms with Crippen LogP contribution in [0.25, 0.3) is 0 Å². The minimum Gasteiger partial charge on any atom is -0.395 e. The molecule has 184 valence electrons. The SMILES string of the molecule is C=CCC(CC=C)N(CC)CCO.C=CCC(CC=C)N(CC)CCO.O=S(=O)(O)O. The number of rotatable bonds is 16. The third-order valence-corrected chi connectivity index (χ3v) is 4.37. The standard InChI is InChI=1S/2C11H21NO.H2O4S/c2*1-4-7-11(8-5-2)12(6-3)9-10-13;1-5(2,3)4/h2*4-5,11,13H,1-2,6-10H2,3H3;(H2,1,2,3,4). The van der Waals surface area contributed by atoms with E-state index < -0.39 is 10.4 Å². The molecule has 0 aromatic carbocycles. The van der Waals surface area contributed by atoms with Gasteiger partial charge in [0.05, 0.1) is 13.2 Å². The summed E-state index contributed by atoms with van der Waals surface area (Å²) in [4.78, 5) is 4.51. The average molecular weight is 465 g/mol. The summed E-state index contributed by atoms with van der Waals surface area (Å²) < 4.78 is 31.6. The lowest BCUT2D eigenvalue weighted by molar-refractivity contribution is 0.157. The summed E-state index contributed by atoms with van der Waals surface area (Å²) in [5.74, 6) is 0. The molecule has 0 atom stereocenters. The molecule has 0 aromatic rings. The van der Waals surface area contributed by atoms with Crippen LogP contribution in [0.1, 0.15) is 39.5 Å². The van der Waals surface area contributed by atoms with E-state index in [0.717, 1.165) is 51.9 Å². The first kappa shape index (κ1) is 34.3. The normalized spacial score (nSPS) is 10.9. The summed E-state index contributed by atoms with van der Waals surface area (Å²) in [7, 11) is -4.67. The van der Waals surface area contributed by atoms with E-state index in [2.05, 4.69) is 50.0 Å². The second-order valence-electron chi connectivity index (χ2n) is 6.56. The molecule has 0 aliphatic rings. The second-order valence-corrected chi connectivity index (χ2v) is 7.45. The van der Waals surface area contributed by atoms with Crippen LogP contribution in [0.3, 0.4) is 0 Å². The van der Waals surface area contributed by atoms with Gasteiger partial charge in [0.15, 0.2) is 0 Å². The lowest BCUT2D eigenvalue weighted by Crippen LogP contribution is -2.36. The Balaban J connectivity index is -0.000000416. The van der Waals surface area contributed by atoms with Gasteiger partial charge in [0, 0.05) is 25.2 Å². The van der Waals surface area contributed by atoms with Gasteiger partial charge in [-0.2, -0.15) is 8.42 Å². The summed E-state index contributed by atoms with van der Waals surface area (Å²) in [5.41, 5.74) is 0. The molecule has 0 bridgehead atoms. The van der Waals surface area contributed by atoms with Crippen LogP contribution in [-0.4, -0.2) is 89.0 Å². The van der Waals surface area contributed by atoms with Crippen molar-refractivity contribution in [2.45, 2.75) is 51.6 Å². The van der Waals surface area contributed by atoms with E-state index >= 15 is 0 Å². The van der Waals surface area contributed by atoms with Gasteiger partial charge in [-0.3, -0.25) is 18.9 Å². The van der Waals surface area contributed by atoms with Crippen molar-refractivity contribution in [3.8, 4) is 0 Å². The Bertz CT molecular complexity index is 492. The fraction of sp³-hybridized carbons (Fsp3) is 0.636. The van der Waals surface area contributed by atoms with E-state index in [1.165, 1.54) is 0 Å². The summed E-state index contributed by atoms with van der Waals surface area (Å²) >= 11 is 0. The Morgan fingerprint density at radius 1 is 0.710 bits per heavy atom. The molecule has 0 rings (SSSR count). The van der Waals surface area contributed by atoms with E-state index in [-0.39, 0.29) is 13.2 Å². The van der Waals surface area contributed by atoms with Gasteiger partial charge >= 0.3 is 10.4 Å². The van der Waals surface area contributed by atoms with Crippen molar-refractivity contribution < 1.29 is 27.7 Å². The lowest BCUT2D eigenvalue weighted by atomic mass is 10.1. The van der Waals surface area contributed by atoms with Gasteiger partial charge in [0.1, 0.15) is 0 Å². The first-order valence-corrected chi connectivity index (χ1v) is 11.8. The number of hydrogen-bond donors (Lipinski definition) is 4. The highest BCUT2D eigenvalue weighted by Crippen LogP contribution is 2.10. The maximum atomic E-state index is 8.86. The van der Waals surface area contributed by atoms with Crippen molar-refractivity contribution in [2.24, 2.45) is 0 Å². The van der Waals surface area contributed by atoms with Crippen LogP contribution in [0.5, 0.6) is 0 Å². The Labute approximate surface area is 189 Å². The van der Waals surface area contributed by atoms with Gasteiger partial charge in [0.2, 0.25) is 0 Å². The van der Waals surface area contributed by atoms with Crippen molar-refractivity contribution in [3.63, 3.8) is 0 Å². The van der Waals surface area contributed by atoms with Crippen LogP contribution >= 0.6 is 0 Å². The third kappa shape index (κ3) is 24.8. The number of aliphatic hydroxyl groups is 2. The van der Waals surface area contributed by atoms with E-state index in [0.29, 0.717) is 12.1 Å². The zero-order valence-electron chi connectivity index (χ0n) is 19.3. The highest BCUT2D eigenvalue weighted by molar-refractivity contribution is 7.79. The molecule has 9 heteroatoms. The zero-order chi connectivity index (χ0) is 24.7. The van der Waals surface area contributed by atoms with E-state index in [9.17, 15) is 0 Å². The first-order chi connectivity index (χ1) is 14.6. The molecule has 0 heterocycles. The fourth-order valence-corrected chi connectivity index (χ4v) is 3.01. The predicted molar refractivity (Wildman–Crippen MR) is 130 cm³/mol. The molecule has 4 N–H and O–H groups in total. The van der Waals surface area contributed by atoms with Crippen molar-refractivity contribution in [2.75, 3.05) is 39.4 Å². The van der Waals surface area contributed by atoms with E-state index in [1.807, 2.05) is 24.3 Å². The van der Waals surface area contributed by atoms with Crippen LogP contribution < -0.4 is 0 Å². The molecule has 0 aliphatic carbocycles. The average Bonchev–Trinajstić information content (AvgIpc) is 2.69. The van der Waals surface area contributed by atoms with Crippen LogP contribution in [-0.2, 0) is 10.4 Å². The Morgan fingerprint density at radius 3 is 1.06 bits per heavy atom. The van der Waals surface area contributed by atoms with Crippen molar-refractivity contribution in [1.82, 2.24) is 9.80 Å². The van der Waals surface area contributed by atoms with Gasteiger partial charge in [-0.25, -0.2) is 0 Å². The lowest BCUT2D eigenvalue weighted by Gasteiger charge is -2.28. The number of aliphatic hydroxyl groups excluding tert-OH is 2. The molecular weight excluding hydrogens is 420 g/mol. The van der Waals surface area contributed by atoms with Crippen molar-refractivity contribution in [3.05, 3.63) is 50.6 Å². The minimum absolute atomic E-state index is 0.221. The molecule has 0 amide bonds. The molecule has 0 saturated carbocycles. The summed E-state index contributed by atoms with van der Waals surface area (Å²) in [6, 6.07) is 0.902. The van der Waals surface area contributed by atoms with E-state index in [1.54, 1.807) is 0 Å². The first-order valence-electron chi connectivity index (χ1n) is 10.4. The smallest absolute Gasteiger partial charge is 0.394 e. The van der Waals surface area contributed by atoms with Crippen LogP contribution in [0.2, 0.25) is 0 Å². The predicted octanol–water partition coefficient (Wildman–Crippen LogP) is 2.99. The van der Waals surface area contributed by atoms with Crippen molar-refractivity contribution in [1.29, 1.82) is 0 Å². The molecule has 0 fully saturated rings. The van der Waals surface area contributed by atoms with Crippen LogP contribution in [0.4, 0.5) is 0 Å². The minimum atomic E-state index is -4.67. The quantitative estimate of drug-likeness (QED) is 0.203. The van der Waals surface area contributed by atoms with Crippen LogP contribution in [0, 0.1) is 0 Å². The Hall–Kier alpha value is -1.33. The Kier molecular flexibility index (Phi) is 25.8. The number of nitrogens with zero attached hydrogens (tertiary/aromatic N) is 2. The fourth-order valence-electron chi connectivity index (χ4n) is 3.01. The molecule has 0 spiro atoms. The summed E-state index contributed by atoms with van der Waals surface area (Å²) in [6.07, 6.45) is 11.5. The summed E-state index contributed by atoms with van der Waals surface area (Å²) in [6.45, 7) is 23.0. The highest BCUT2D eigenvalue weighted by atomic mass is 32.3. The second kappa shape index (κ2) is 23.3. The molecule has 0 saturated heterocycles. The molecule has 0 unspecified atom stereocenters. The topological polar surface area (TPSA) is 122 Å². The van der Waals surface area contributed by atoms with Gasteiger partial charge in [-0.05, 0) is 38.8 Å². The van der Waals surface area contributed by atoms with Gasteiger partial charge in [0.25, 0.3) is 0 Å². The summed E-state index contributed by atoms with van der Waals surface area (Å²) in [5, 5.41) is 17.7. The maximum Gasteiger partial charge on any atom is 0.394 e. The Morgan fingerprint density at radius 2 is 0.935 bits per heavy atom. The molecule has 8 nitrogen and oxygen atoms in total. The van der Waals surface area contributed by atoms with Gasteiger partial charge in [-0.1, -0.05) is 38.2 Å². The van der Waals surface area contributed by atoms with Gasteiger partial charge in [-0.15, -0.1) is 26.3 Å². The molecule has 31 heavy (non-hydrogen) atoms. The largest absolute Gasteiger partial charge is 0.395 e. The zero-order valence-corrected chi connectivity index (χ0v) is 20.1. The maximum absolute atomic E-state index is 8.86.